The molecule has 1 aliphatic rings. The molecule has 1 N–H and O–H groups in total. The summed E-state index contributed by atoms with van der Waals surface area (Å²) in [6, 6.07) is 7.14. The molecule has 1 unspecified atom stereocenters. The van der Waals surface area contributed by atoms with Crippen LogP contribution >= 0.6 is 0 Å². The van der Waals surface area contributed by atoms with E-state index in [1.807, 2.05) is 6.07 Å². The Morgan fingerprint density at radius 3 is 3.00 bits per heavy atom. The summed E-state index contributed by atoms with van der Waals surface area (Å²) < 4.78 is 4.81. The van der Waals surface area contributed by atoms with Crippen molar-refractivity contribution in [2.45, 2.75) is 19.8 Å². The van der Waals surface area contributed by atoms with Crippen LogP contribution in [0.15, 0.2) is 30.5 Å². The number of anilines is 3. The largest absolute Gasteiger partial charge is 0.465 e. The van der Waals surface area contributed by atoms with Gasteiger partial charge in [0, 0.05) is 13.1 Å². The SMILES string of the molecule is COC(=O)c1ccccc1Nc1cnnc(N2CCCC(C)C2)n1. The lowest BCUT2D eigenvalue weighted by atomic mass is 10.0. The topological polar surface area (TPSA) is 80.2 Å². The summed E-state index contributed by atoms with van der Waals surface area (Å²) >= 11 is 0. The maximum atomic E-state index is 11.9. The zero-order valence-electron chi connectivity index (χ0n) is 13.9. The lowest BCUT2D eigenvalue weighted by molar-refractivity contribution is 0.0602. The van der Waals surface area contributed by atoms with Gasteiger partial charge < -0.3 is 15.0 Å². The van der Waals surface area contributed by atoms with Gasteiger partial charge in [-0.15, -0.1) is 5.10 Å². The predicted molar refractivity (Wildman–Crippen MR) is 91.5 cm³/mol. The minimum absolute atomic E-state index is 0.398. The van der Waals surface area contributed by atoms with Gasteiger partial charge >= 0.3 is 5.97 Å². The third-order valence-corrected chi connectivity index (χ3v) is 4.08. The van der Waals surface area contributed by atoms with Crippen molar-refractivity contribution in [1.29, 1.82) is 0 Å². The van der Waals surface area contributed by atoms with E-state index < -0.39 is 5.97 Å². The van der Waals surface area contributed by atoms with Crippen LogP contribution in [0.25, 0.3) is 0 Å². The standard InChI is InChI=1S/C17H21N5O2/c1-12-6-5-9-22(11-12)17-20-15(10-18-21-17)19-14-8-4-3-7-13(14)16(23)24-2/h3-4,7-8,10,12H,5-6,9,11H2,1-2H3,(H,19,20,21). The van der Waals surface area contributed by atoms with E-state index in [-0.39, 0.29) is 0 Å². The first-order valence-corrected chi connectivity index (χ1v) is 8.06. The number of aromatic nitrogens is 3. The van der Waals surface area contributed by atoms with Crippen molar-refractivity contribution in [3.05, 3.63) is 36.0 Å². The van der Waals surface area contributed by atoms with Crippen molar-refractivity contribution in [3.63, 3.8) is 0 Å². The molecule has 0 aliphatic carbocycles. The third-order valence-electron chi connectivity index (χ3n) is 4.08. The molecule has 0 spiro atoms. The molecule has 1 saturated heterocycles. The van der Waals surface area contributed by atoms with E-state index >= 15 is 0 Å². The van der Waals surface area contributed by atoms with E-state index in [0.717, 1.165) is 19.5 Å². The summed E-state index contributed by atoms with van der Waals surface area (Å²) in [5.74, 6) is 1.39. The van der Waals surface area contributed by atoms with Crippen molar-refractivity contribution < 1.29 is 9.53 Å². The highest BCUT2D eigenvalue weighted by molar-refractivity contribution is 5.96. The van der Waals surface area contributed by atoms with Gasteiger partial charge in [0.15, 0.2) is 5.82 Å². The maximum Gasteiger partial charge on any atom is 0.339 e. The summed E-state index contributed by atoms with van der Waals surface area (Å²) in [6.07, 6.45) is 3.91. The second-order valence-corrected chi connectivity index (χ2v) is 6.00. The number of carbonyl (C=O) groups is 1. The predicted octanol–water partition coefficient (Wildman–Crippen LogP) is 2.64. The number of nitrogens with zero attached hydrogens (tertiary/aromatic N) is 4. The molecule has 7 heteroatoms. The van der Waals surface area contributed by atoms with Gasteiger partial charge in [0.1, 0.15) is 0 Å². The minimum Gasteiger partial charge on any atom is -0.465 e. The fourth-order valence-electron chi connectivity index (χ4n) is 2.88. The summed E-state index contributed by atoms with van der Waals surface area (Å²) in [6.45, 7) is 4.10. The number of piperidine rings is 1. The van der Waals surface area contributed by atoms with Gasteiger partial charge in [-0.1, -0.05) is 19.1 Å². The fraction of sp³-hybridized carbons (Fsp3) is 0.412. The maximum absolute atomic E-state index is 11.9. The number of esters is 1. The smallest absolute Gasteiger partial charge is 0.339 e. The number of hydrogen-bond donors (Lipinski definition) is 1. The first-order chi connectivity index (χ1) is 11.7. The Morgan fingerprint density at radius 1 is 1.38 bits per heavy atom. The first-order valence-electron chi connectivity index (χ1n) is 8.06. The van der Waals surface area contributed by atoms with E-state index in [4.69, 9.17) is 4.74 Å². The van der Waals surface area contributed by atoms with Crippen molar-refractivity contribution >= 4 is 23.4 Å². The van der Waals surface area contributed by atoms with Crippen LogP contribution in [-0.4, -0.2) is 41.3 Å². The number of benzene rings is 1. The van der Waals surface area contributed by atoms with Crippen LogP contribution < -0.4 is 10.2 Å². The normalized spacial score (nSPS) is 17.4. The van der Waals surface area contributed by atoms with Crippen LogP contribution in [-0.2, 0) is 4.74 Å². The molecule has 3 rings (SSSR count). The van der Waals surface area contributed by atoms with Crippen molar-refractivity contribution in [1.82, 2.24) is 15.2 Å². The monoisotopic (exact) mass is 327 g/mol. The Bertz CT molecular complexity index is 722. The molecule has 2 heterocycles. The molecule has 0 radical (unpaired) electrons. The Balaban J connectivity index is 1.82. The van der Waals surface area contributed by atoms with Gasteiger partial charge in [0.2, 0.25) is 5.95 Å². The number of carbonyl (C=O) groups excluding carboxylic acids is 1. The first kappa shape index (κ1) is 16.2. The lowest BCUT2D eigenvalue weighted by Gasteiger charge is -2.30. The molecule has 1 fully saturated rings. The highest BCUT2D eigenvalue weighted by Gasteiger charge is 2.19. The van der Waals surface area contributed by atoms with Gasteiger partial charge in [-0.2, -0.15) is 10.1 Å². The Kier molecular flexibility index (Phi) is 4.88. The van der Waals surface area contributed by atoms with Gasteiger partial charge in [-0.05, 0) is 30.9 Å². The van der Waals surface area contributed by atoms with Crippen molar-refractivity contribution in [2.24, 2.45) is 5.92 Å². The summed E-state index contributed by atoms with van der Waals surface area (Å²) in [5.41, 5.74) is 1.08. The average Bonchev–Trinajstić information content (AvgIpc) is 2.62. The molecule has 126 valence electrons. The number of nitrogens with one attached hydrogen (secondary N) is 1. The number of methoxy groups -OCH3 is 1. The van der Waals surface area contributed by atoms with Gasteiger partial charge in [-0.25, -0.2) is 4.79 Å². The van der Waals surface area contributed by atoms with Crippen LogP contribution in [0.3, 0.4) is 0 Å². The Labute approximate surface area is 141 Å². The molecule has 7 nitrogen and oxygen atoms in total. The van der Waals surface area contributed by atoms with Crippen LogP contribution in [0.5, 0.6) is 0 Å². The number of ether oxygens (including phenoxy) is 1. The summed E-state index contributed by atoms with van der Waals surface area (Å²) in [4.78, 5) is 18.5. The number of hydrogen-bond acceptors (Lipinski definition) is 7. The number of para-hydroxylation sites is 1. The molecule has 24 heavy (non-hydrogen) atoms. The highest BCUT2D eigenvalue weighted by atomic mass is 16.5. The quantitative estimate of drug-likeness (QED) is 0.865. The minimum atomic E-state index is -0.398. The second-order valence-electron chi connectivity index (χ2n) is 6.00. The molecule has 1 aliphatic heterocycles. The summed E-state index contributed by atoms with van der Waals surface area (Å²) in [7, 11) is 1.36. The molecule has 0 amide bonds. The van der Waals surface area contributed by atoms with Crippen molar-refractivity contribution in [2.75, 3.05) is 30.4 Å². The Morgan fingerprint density at radius 2 is 2.21 bits per heavy atom. The average molecular weight is 327 g/mol. The third kappa shape index (κ3) is 3.61. The molecule has 0 saturated carbocycles. The number of rotatable bonds is 4. The second kappa shape index (κ2) is 7.25. The lowest BCUT2D eigenvalue weighted by Crippen LogP contribution is -2.35. The van der Waals surface area contributed by atoms with Gasteiger partial charge in [0.05, 0.1) is 24.6 Å². The molecule has 1 atom stereocenters. The van der Waals surface area contributed by atoms with Gasteiger partial charge in [-0.3, -0.25) is 0 Å². The zero-order valence-corrected chi connectivity index (χ0v) is 13.9. The molecular weight excluding hydrogens is 306 g/mol. The van der Waals surface area contributed by atoms with Crippen LogP contribution in [0.1, 0.15) is 30.1 Å². The molecular formula is C17H21N5O2. The Hall–Kier alpha value is -2.70. The van der Waals surface area contributed by atoms with Crippen LogP contribution in [0.2, 0.25) is 0 Å². The van der Waals surface area contributed by atoms with Crippen LogP contribution in [0, 0.1) is 5.92 Å². The van der Waals surface area contributed by atoms with Gasteiger partial charge in [0.25, 0.3) is 0 Å². The zero-order chi connectivity index (χ0) is 16.9. The van der Waals surface area contributed by atoms with E-state index in [1.165, 1.54) is 13.5 Å². The summed E-state index contributed by atoms with van der Waals surface area (Å²) in [5, 5.41) is 11.3. The van der Waals surface area contributed by atoms with Crippen molar-refractivity contribution in [3.8, 4) is 0 Å². The highest BCUT2D eigenvalue weighted by Crippen LogP contribution is 2.23. The molecule has 1 aromatic heterocycles. The van der Waals surface area contributed by atoms with E-state index in [9.17, 15) is 4.79 Å². The fourth-order valence-corrected chi connectivity index (χ4v) is 2.88. The molecule has 2 aromatic rings. The van der Waals surface area contributed by atoms with Crippen LogP contribution in [0.4, 0.5) is 17.5 Å². The molecule has 0 bridgehead atoms. The molecule has 1 aromatic carbocycles. The van der Waals surface area contributed by atoms with E-state index in [0.29, 0.717) is 28.9 Å². The van der Waals surface area contributed by atoms with E-state index in [2.05, 4.69) is 32.3 Å². The van der Waals surface area contributed by atoms with E-state index in [1.54, 1.807) is 24.4 Å².